The van der Waals surface area contributed by atoms with Gasteiger partial charge in [0, 0.05) is 25.8 Å². The molecule has 19 heavy (non-hydrogen) atoms. The van der Waals surface area contributed by atoms with Crippen LogP contribution >= 0.6 is 0 Å². The zero-order valence-corrected chi connectivity index (χ0v) is 13.3. The van der Waals surface area contributed by atoms with Gasteiger partial charge in [0.05, 0.1) is 0 Å². The Balaban J connectivity index is 2.25. The van der Waals surface area contributed by atoms with Gasteiger partial charge in [0.1, 0.15) is 0 Å². The summed E-state index contributed by atoms with van der Waals surface area (Å²) >= 11 is 0. The van der Waals surface area contributed by atoms with Crippen molar-refractivity contribution < 1.29 is 0 Å². The third kappa shape index (κ3) is 6.11. The van der Waals surface area contributed by atoms with Gasteiger partial charge < -0.3 is 10.2 Å². The van der Waals surface area contributed by atoms with E-state index >= 15 is 0 Å². The maximum absolute atomic E-state index is 3.53. The molecule has 0 heterocycles. The average molecular weight is 262 g/mol. The maximum atomic E-state index is 3.53. The summed E-state index contributed by atoms with van der Waals surface area (Å²) in [5, 5.41) is 3.53. The van der Waals surface area contributed by atoms with Gasteiger partial charge in [-0.2, -0.15) is 0 Å². The number of benzene rings is 1. The van der Waals surface area contributed by atoms with Crippen LogP contribution in [-0.4, -0.2) is 26.7 Å². The van der Waals surface area contributed by atoms with Crippen molar-refractivity contribution in [1.82, 2.24) is 5.32 Å². The van der Waals surface area contributed by atoms with Crippen molar-refractivity contribution in [2.24, 2.45) is 5.92 Å². The Morgan fingerprint density at radius 1 is 1.16 bits per heavy atom. The molecule has 1 aromatic carbocycles. The third-order valence-corrected chi connectivity index (χ3v) is 3.52. The number of hydrogen-bond acceptors (Lipinski definition) is 2. The van der Waals surface area contributed by atoms with Crippen LogP contribution in [0.25, 0.3) is 0 Å². The molecule has 108 valence electrons. The first-order valence-corrected chi connectivity index (χ1v) is 7.50. The average Bonchev–Trinajstić information content (AvgIpc) is 2.32. The Morgan fingerprint density at radius 3 is 2.53 bits per heavy atom. The van der Waals surface area contributed by atoms with E-state index in [1.807, 2.05) is 0 Å². The normalized spacial score (nSPS) is 11.1. The summed E-state index contributed by atoms with van der Waals surface area (Å²) in [5.41, 5.74) is 4.04. The molecule has 2 nitrogen and oxygen atoms in total. The van der Waals surface area contributed by atoms with E-state index in [0.717, 1.165) is 25.6 Å². The van der Waals surface area contributed by atoms with Crippen molar-refractivity contribution in [2.75, 3.05) is 31.6 Å². The fourth-order valence-corrected chi connectivity index (χ4v) is 2.36. The Hall–Kier alpha value is -1.02. The number of likely N-dealkylation sites (N-methyl/N-ethyl adjacent to an activating group) is 1. The number of rotatable bonds is 8. The molecule has 1 aromatic rings. The molecule has 0 aliphatic carbocycles. The van der Waals surface area contributed by atoms with Crippen LogP contribution in [0.2, 0.25) is 0 Å². The minimum Gasteiger partial charge on any atom is -0.373 e. The lowest BCUT2D eigenvalue weighted by molar-refractivity contribution is 0.529. The lowest BCUT2D eigenvalue weighted by atomic mass is 10.1. The molecular weight excluding hydrogens is 232 g/mol. The molecule has 0 unspecified atom stereocenters. The molecular formula is C17H30N2. The second-order valence-corrected chi connectivity index (χ2v) is 6.00. The van der Waals surface area contributed by atoms with Crippen LogP contribution in [0.1, 0.15) is 37.8 Å². The molecule has 0 atom stereocenters. The van der Waals surface area contributed by atoms with Crippen molar-refractivity contribution in [3.63, 3.8) is 0 Å². The molecule has 0 aliphatic heterocycles. The molecule has 0 saturated carbocycles. The summed E-state index contributed by atoms with van der Waals surface area (Å²) in [5.74, 6) is 0.819. The summed E-state index contributed by atoms with van der Waals surface area (Å²) in [6, 6.07) is 6.67. The minimum atomic E-state index is 0.819. The Kier molecular flexibility index (Phi) is 6.93. The second-order valence-electron chi connectivity index (χ2n) is 6.00. The van der Waals surface area contributed by atoms with Crippen LogP contribution in [0.15, 0.2) is 18.2 Å². The van der Waals surface area contributed by atoms with E-state index in [-0.39, 0.29) is 0 Å². The topological polar surface area (TPSA) is 15.3 Å². The van der Waals surface area contributed by atoms with E-state index in [9.17, 15) is 0 Å². The third-order valence-electron chi connectivity index (χ3n) is 3.52. The van der Waals surface area contributed by atoms with Gasteiger partial charge in [-0.3, -0.25) is 0 Å². The standard InChI is InChI=1S/C17H30N2/c1-14(2)7-6-10-18-11-12-19(5)17-9-8-15(3)13-16(17)4/h8-9,13-14,18H,6-7,10-12H2,1-5H3. The van der Waals surface area contributed by atoms with Gasteiger partial charge in [0.25, 0.3) is 0 Å². The lowest BCUT2D eigenvalue weighted by Crippen LogP contribution is -2.30. The second kappa shape index (κ2) is 8.21. The fraction of sp³-hybridized carbons (Fsp3) is 0.647. The molecule has 0 fully saturated rings. The number of nitrogens with zero attached hydrogens (tertiary/aromatic N) is 1. The van der Waals surface area contributed by atoms with Gasteiger partial charge >= 0.3 is 0 Å². The smallest absolute Gasteiger partial charge is 0.0393 e. The fourth-order valence-electron chi connectivity index (χ4n) is 2.36. The molecule has 0 saturated heterocycles. The highest BCUT2D eigenvalue weighted by Gasteiger charge is 2.04. The van der Waals surface area contributed by atoms with Crippen LogP contribution in [0.3, 0.4) is 0 Å². The highest BCUT2D eigenvalue weighted by molar-refractivity contribution is 5.53. The Labute approximate surface area is 119 Å². The van der Waals surface area contributed by atoms with Crippen molar-refractivity contribution in [3.05, 3.63) is 29.3 Å². The van der Waals surface area contributed by atoms with Gasteiger partial charge in [0.2, 0.25) is 0 Å². The highest BCUT2D eigenvalue weighted by Crippen LogP contribution is 2.19. The summed E-state index contributed by atoms with van der Waals surface area (Å²) in [6.45, 7) is 12.2. The number of aryl methyl sites for hydroxylation is 2. The maximum Gasteiger partial charge on any atom is 0.0393 e. The first-order valence-electron chi connectivity index (χ1n) is 7.50. The van der Waals surface area contributed by atoms with E-state index in [1.165, 1.54) is 29.7 Å². The lowest BCUT2D eigenvalue weighted by Gasteiger charge is -2.22. The Bertz CT molecular complexity index is 372. The first-order chi connectivity index (χ1) is 9.00. The van der Waals surface area contributed by atoms with E-state index in [0.29, 0.717) is 0 Å². The highest BCUT2D eigenvalue weighted by atomic mass is 15.1. The molecule has 0 radical (unpaired) electrons. The van der Waals surface area contributed by atoms with Gasteiger partial charge in [-0.05, 0) is 50.8 Å². The number of anilines is 1. The first kappa shape index (κ1) is 16.0. The number of hydrogen-bond donors (Lipinski definition) is 1. The monoisotopic (exact) mass is 262 g/mol. The van der Waals surface area contributed by atoms with Crippen LogP contribution < -0.4 is 10.2 Å². The summed E-state index contributed by atoms with van der Waals surface area (Å²) < 4.78 is 0. The molecule has 0 aliphatic rings. The molecule has 1 rings (SSSR count). The quantitative estimate of drug-likeness (QED) is 0.718. The van der Waals surface area contributed by atoms with Gasteiger partial charge in [-0.25, -0.2) is 0 Å². The van der Waals surface area contributed by atoms with Gasteiger partial charge in [0.15, 0.2) is 0 Å². The zero-order valence-electron chi connectivity index (χ0n) is 13.3. The van der Waals surface area contributed by atoms with E-state index in [1.54, 1.807) is 0 Å². The molecule has 0 amide bonds. The summed E-state index contributed by atoms with van der Waals surface area (Å²) in [7, 11) is 2.17. The van der Waals surface area contributed by atoms with E-state index in [4.69, 9.17) is 0 Å². The largest absolute Gasteiger partial charge is 0.373 e. The van der Waals surface area contributed by atoms with Crippen LogP contribution in [0.5, 0.6) is 0 Å². The van der Waals surface area contributed by atoms with Crippen LogP contribution in [0.4, 0.5) is 5.69 Å². The van der Waals surface area contributed by atoms with Gasteiger partial charge in [-0.1, -0.05) is 31.5 Å². The molecule has 0 aromatic heterocycles. The molecule has 0 bridgehead atoms. The molecule has 2 heteroatoms. The van der Waals surface area contributed by atoms with Crippen molar-refractivity contribution in [3.8, 4) is 0 Å². The van der Waals surface area contributed by atoms with Crippen LogP contribution in [-0.2, 0) is 0 Å². The van der Waals surface area contributed by atoms with E-state index < -0.39 is 0 Å². The predicted molar refractivity (Wildman–Crippen MR) is 86.1 cm³/mol. The van der Waals surface area contributed by atoms with Crippen molar-refractivity contribution in [2.45, 2.75) is 40.5 Å². The number of nitrogens with one attached hydrogen (secondary N) is 1. The predicted octanol–water partition coefficient (Wildman–Crippen LogP) is 3.77. The Morgan fingerprint density at radius 2 is 1.89 bits per heavy atom. The van der Waals surface area contributed by atoms with E-state index in [2.05, 4.69) is 63.2 Å². The SMILES string of the molecule is Cc1ccc(N(C)CCNCCCC(C)C)c(C)c1. The minimum absolute atomic E-state index is 0.819. The summed E-state index contributed by atoms with van der Waals surface area (Å²) in [4.78, 5) is 2.34. The molecule has 1 N–H and O–H groups in total. The van der Waals surface area contributed by atoms with Crippen LogP contribution in [0, 0.1) is 19.8 Å². The van der Waals surface area contributed by atoms with Crippen molar-refractivity contribution in [1.29, 1.82) is 0 Å². The molecule has 0 spiro atoms. The summed E-state index contributed by atoms with van der Waals surface area (Å²) in [6.07, 6.45) is 2.60. The van der Waals surface area contributed by atoms with Crippen molar-refractivity contribution >= 4 is 5.69 Å². The zero-order chi connectivity index (χ0) is 14.3. The van der Waals surface area contributed by atoms with Gasteiger partial charge in [-0.15, -0.1) is 0 Å².